The van der Waals surface area contributed by atoms with Crippen molar-refractivity contribution in [2.75, 3.05) is 31.5 Å². The number of piperidine rings is 1. The highest BCUT2D eigenvalue weighted by Crippen LogP contribution is 2.22. The molecule has 0 radical (unpaired) electrons. The minimum Gasteiger partial charge on any atom is -0.325 e. The quantitative estimate of drug-likeness (QED) is 0.812. The van der Waals surface area contributed by atoms with Crippen LogP contribution < -0.4 is 10.2 Å². The second kappa shape index (κ2) is 7.85. The van der Waals surface area contributed by atoms with Crippen LogP contribution in [0.25, 0.3) is 0 Å². The number of anilines is 1. The van der Waals surface area contributed by atoms with Gasteiger partial charge in [0.2, 0.25) is 10.0 Å². The molecular weight excluding hydrogens is 338 g/mol. The zero-order chi connectivity index (χ0) is 17.9. The molecule has 0 aromatic heterocycles. The van der Waals surface area contributed by atoms with Gasteiger partial charge in [-0.1, -0.05) is 0 Å². The minimum absolute atomic E-state index is 0.0149. The number of hydrogen-bond acceptors (Lipinski definition) is 3. The maximum Gasteiger partial charge on any atom is 0.279 e. The van der Waals surface area contributed by atoms with Crippen molar-refractivity contribution in [1.29, 1.82) is 0 Å². The van der Waals surface area contributed by atoms with Crippen LogP contribution in [0.15, 0.2) is 29.2 Å². The molecule has 2 fully saturated rings. The molecule has 1 unspecified atom stereocenters. The van der Waals surface area contributed by atoms with Gasteiger partial charge in [0.15, 0.2) is 6.54 Å². The summed E-state index contributed by atoms with van der Waals surface area (Å²) in [4.78, 5) is 13.9. The van der Waals surface area contributed by atoms with Crippen LogP contribution >= 0.6 is 0 Å². The van der Waals surface area contributed by atoms with Crippen LogP contribution in [0.2, 0.25) is 0 Å². The molecule has 138 valence electrons. The van der Waals surface area contributed by atoms with E-state index in [0.717, 1.165) is 19.4 Å². The molecule has 1 aromatic rings. The van der Waals surface area contributed by atoms with Gasteiger partial charge in [-0.3, -0.25) is 4.79 Å². The van der Waals surface area contributed by atoms with Crippen LogP contribution in [0.5, 0.6) is 0 Å². The Morgan fingerprint density at radius 2 is 1.84 bits per heavy atom. The lowest BCUT2D eigenvalue weighted by Gasteiger charge is -2.29. The number of rotatable bonds is 5. The van der Waals surface area contributed by atoms with Crippen LogP contribution in [0.3, 0.4) is 0 Å². The number of carbonyl (C=O) groups is 1. The van der Waals surface area contributed by atoms with Crippen LogP contribution in [-0.2, 0) is 14.8 Å². The number of benzene rings is 1. The molecule has 0 bridgehead atoms. The molecule has 25 heavy (non-hydrogen) atoms. The molecule has 1 aromatic carbocycles. The van der Waals surface area contributed by atoms with E-state index in [2.05, 4.69) is 12.2 Å². The molecule has 0 aliphatic carbocycles. The lowest BCUT2D eigenvalue weighted by Crippen LogP contribution is -3.17. The van der Waals surface area contributed by atoms with E-state index in [1.54, 1.807) is 24.3 Å². The Morgan fingerprint density at radius 3 is 2.48 bits per heavy atom. The van der Waals surface area contributed by atoms with Gasteiger partial charge in [-0.05, 0) is 63.3 Å². The second-order valence-electron chi connectivity index (χ2n) is 7.17. The summed E-state index contributed by atoms with van der Waals surface area (Å²) in [6.07, 6.45) is 5.44. The summed E-state index contributed by atoms with van der Waals surface area (Å²) >= 11 is 0. The van der Waals surface area contributed by atoms with Crippen molar-refractivity contribution in [1.82, 2.24) is 4.31 Å². The van der Waals surface area contributed by atoms with Crippen molar-refractivity contribution >= 4 is 21.6 Å². The topological polar surface area (TPSA) is 70.9 Å². The number of nitrogens with zero attached hydrogens (tertiary/aromatic N) is 1. The van der Waals surface area contributed by atoms with Gasteiger partial charge >= 0.3 is 0 Å². The lowest BCUT2D eigenvalue weighted by atomic mass is 10.0. The highest BCUT2D eigenvalue weighted by molar-refractivity contribution is 7.89. The molecule has 2 atom stereocenters. The Kier molecular flexibility index (Phi) is 5.76. The summed E-state index contributed by atoms with van der Waals surface area (Å²) in [6, 6.07) is 7.04. The summed E-state index contributed by atoms with van der Waals surface area (Å²) in [6.45, 7) is 4.89. The predicted octanol–water partition coefficient (Wildman–Crippen LogP) is 0.867. The Hall–Kier alpha value is -1.44. The lowest BCUT2D eigenvalue weighted by molar-refractivity contribution is -0.920. The van der Waals surface area contributed by atoms with Crippen molar-refractivity contribution in [3.05, 3.63) is 24.3 Å². The third kappa shape index (κ3) is 4.40. The van der Waals surface area contributed by atoms with E-state index in [4.69, 9.17) is 0 Å². The number of likely N-dealkylation sites (tertiary alicyclic amines) is 1. The first-order valence-corrected chi connectivity index (χ1v) is 10.7. The molecule has 2 heterocycles. The van der Waals surface area contributed by atoms with Gasteiger partial charge in [-0.15, -0.1) is 0 Å². The van der Waals surface area contributed by atoms with Crippen LogP contribution in [0, 0.1) is 0 Å². The molecule has 1 amide bonds. The number of amides is 1. The van der Waals surface area contributed by atoms with E-state index < -0.39 is 10.0 Å². The van der Waals surface area contributed by atoms with Crippen molar-refractivity contribution in [2.24, 2.45) is 0 Å². The predicted molar refractivity (Wildman–Crippen MR) is 97.1 cm³/mol. The average molecular weight is 367 g/mol. The molecule has 2 aliphatic rings. The third-order valence-corrected chi connectivity index (χ3v) is 7.22. The Morgan fingerprint density at radius 1 is 1.16 bits per heavy atom. The highest BCUT2D eigenvalue weighted by Gasteiger charge is 2.27. The van der Waals surface area contributed by atoms with Gasteiger partial charge in [-0.25, -0.2) is 8.42 Å². The van der Waals surface area contributed by atoms with E-state index in [0.29, 0.717) is 36.3 Å². The Balaban J connectivity index is 1.59. The van der Waals surface area contributed by atoms with E-state index in [1.807, 2.05) is 0 Å². The zero-order valence-corrected chi connectivity index (χ0v) is 15.6. The molecule has 2 aliphatic heterocycles. The number of carbonyl (C=O) groups excluding carboxylic acids is 1. The first kappa shape index (κ1) is 18.4. The van der Waals surface area contributed by atoms with Gasteiger partial charge in [-0.2, -0.15) is 4.31 Å². The van der Waals surface area contributed by atoms with Crippen LogP contribution in [0.4, 0.5) is 5.69 Å². The van der Waals surface area contributed by atoms with Gasteiger partial charge < -0.3 is 10.2 Å². The molecule has 7 heteroatoms. The fraction of sp³-hybridized carbons (Fsp3) is 0.611. The molecule has 0 saturated carbocycles. The molecule has 0 spiro atoms. The molecule has 2 N–H and O–H groups in total. The monoisotopic (exact) mass is 366 g/mol. The number of sulfonamides is 1. The summed E-state index contributed by atoms with van der Waals surface area (Å²) in [5.41, 5.74) is 0.648. The SMILES string of the molecule is C[C@@H]1CCCC[NH+]1CC(=O)Nc1ccc(S(=O)(=O)N2CCCC2)cc1. The fourth-order valence-electron chi connectivity index (χ4n) is 3.71. The van der Waals surface area contributed by atoms with Crippen LogP contribution in [-0.4, -0.2) is 50.9 Å². The van der Waals surface area contributed by atoms with Gasteiger partial charge in [0, 0.05) is 18.8 Å². The summed E-state index contributed by atoms with van der Waals surface area (Å²) in [7, 11) is -3.40. The van der Waals surface area contributed by atoms with Gasteiger partial charge in [0.1, 0.15) is 0 Å². The largest absolute Gasteiger partial charge is 0.325 e. The summed E-state index contributed by atoms with van der Waals surface area (Å²) in [5.74, 6) is -0.0149. The fourth-order valence-corrected chi connectivity index (χ4v) is 5.23. The smallest absolute Gasteiger partial charge is 0.279 e. The van der Waals surface area contributed by atoms with Crippen molar-refractivity contribution < 1.29 is 18.1 Å². The summed E-state index contributed by atoms with van der Waals surface area (Å²) in [5, 5.41) is 2.89. The normalized spacial score (nSPS) is 25.0. The van der Waals surface area contributed by atoms with E-state index in [-0.39, 0.29) is 5.91 Å². The van der Waals surface area contributed by atoms with E-state index >= 15 is 0 Å². The van der Waals surface area contributed by atoms with Crippen molar-refractivity contribution in [3.63, 3.8) is 0 Å². The maximum absolute atomic E-state index is 12.5. The first-order chi connectivity index (χ1) is 12.0. The Labute approximate surface area is 150 Å². The third-order valence-electron chi connectivity index (χ3n) is 5.31. The van der Waals surface area contributed by atoms with Gasteiger partial charge in [0.05, 0.1) is 17.5 Å². The first-order valence-electron chi connectivity index (χ1n) is 9.21. The number of hydrogen-bond donors (Lipinski definition) is 2. The standard InChI is InChI=1S/C18H27N3O3S/c1-15-6-2-3-11-20(15)14-18(22)19-16-7-9-17(10-8-16)25(23,24)21-12-4-5-13-21/h7-10,15H,2-6,11-14H2,1H3,(H,19,22)/p+1/t15-/m1/s1. The molecule has 2 saturated heterocycles. The van der Waals surface area contributed by atoms with Gasteiger partial charge in [0.25, 0.3) is 5.91 Å². The van der Waals surface area contributed by atoms with Crippen molar-refractivity contribution in [3.8, 4) is 0 Å². The molecule has 3 rings (SSSR count). The highest BCUT2D eigenvalue weighted by atomic mass is 32.2. The van der Waals surface area contributed by atoms with Crippen LogP contribution in [0.1, 0.15) is 39.0 Å². The number of quaternary nitrogens is 1. The second-order valence-corrected chi connectivity index (χ2v) is 9.10. The summed E-state index contributed by atoms with van der Waals surface area (Å²) < 4.78 is 26.5. The average Bonchev–Trinajstić information content (AvgIpc) is 3.13. The minimum atomic E-state index is -3.40. The van der Waals surface area contributed by atoms with E-state index in [1.165, 1.54) is 28.5 Å². The number of nitrogens with one attached hydrogen (secondary N) is 2. The maximum atomic E-state index is 12.5. The Bertz CT molecular complexity index is 697. The zero-order valence-electron chi connectivity index (χ0n) is 14.8. The van der Waals surface area contributed by atoms with E-state index in [9.17, 15) is 13.2 Å². The van der Waals surface area contributed by atoms with Crippen molar-refractivity contribution in [2.45, 2.75) is 50.0 Å². The molecular formula is C18H28N3O3S+. The molecule has 6 nitrogen and oxygen atoms in total.